The summed E-state index contributed by atoms with van der Waals surface area (Å²) in [7, 11) is 3.10. The lowest BCUT2D eigenvalue weighted by Gasteiger charge is -2.14. The maximum absolute atomic E-state index is 12.0. The molecule has 1 N–H and O–H groups in total. The average molecular weight is 426 g/mol. The molecule has 1 heterocycles. The SMILES string of the molecule is COc1cc(-c2cc(Cl)cc(Cl)c2)cc(/C=C2\SC(=S)NC2=O)c1OC. The van der Waals surface area contributed by atoms with Crippen molar-refractivity contribution in [2.45, 2.75) is 0 Å². The third kappa shape index (κ3) is 3.99. The monoisotopic (exact) mass is 425 g/mol. The summed E-state index contributed by atoms with van der Waals surface area (Å²) in [6.45, 7) is 0. The lowest BCUT2D eigenvalue weighted by atomic mass is 10.0. The van der Waals surface area contributed by atoms with E-state index in [1.807, 2.05) is 12.1 Å². The first-order chi connectivity index (χ1) is 12.4. The Bertz CT molecular complexity index is 924. The molecule has 0 radical (unpaired) electrons. The average Bonchev–Trinajstić information content (AvgIpc) is 2.90. The standard InChI is InChI=1S/C18H13Cl2NO3S2/c1-23-14-6-9(10-4-12(19)8-13(20)5-10)3-11(16(14)24-2)7-15-17(22)21-18(25)26-15/h3-8H,1-2H3,(H,21,22,25)/b15-7-. The minimum Gasteiger partial charge on any atom is -0.493 e. The number of carbonyl (C=O) groups excluding carboxylic acids is 1. The molecule has 26 heavy (non-hydrogen) atoms. The van der Waals surface area contributed by atoms with Gasteiger partial charge in [0.05, 0.1) is 19.1 Å². The molecular weight excluding hydrogens is 413 g/mol. The molecule has 0 unspecified atom stereocenters. The molecule has 2 aromatic rings. The normalized spacial score (nSPS) is 15.3. The van der Waals surface area contributed by atoms with E-state index < -0.39 is 0 Å². The molecule has 0 spiro atoms. The third-order valence-corrected chi connectivity index (χ3v) is 5.23. The van der Waals surface area contributed by atoms with E-state index in [0.717, 1.165) is 11.1 Å². The van der Waals surface area contributed by atoms with Crippen molar-refractivity contribution >= 4 is 63.5 Å². The van der Waals surface area contributed by atoms with Crippen LogP contribution in [0.2, 0.25) is 10.0 Å². The van der Waals surface area contributed by atoms with Gasteiger partial charge < -0.3 is 14.8 Å². The number of methoxy groups -OCH3 is 2. The van der Waals surface area contributed by atoms with Crippen molar-refractivity contribution in [1.29, 1.82) is 0 Å². The Kier molecular flexibility index (Phi) is 5.77. The highest BCUT2D eigenvalue weighted by molar-refractivity contribution is 8.26. The van der Waals surface area contributed by atoms with Gasteiger partial charge in [0.15, 0.2) is 11.5 Å². The van der Waals surface area contributed by atoms with E-state index in [0.29, 0.717) is 36.3 Å². The van der Waals surface area contributed by atoms with Crippen LogP contribution in [-0.4, -0.2) is 24.4 Å². The van der Waals surface area contributed by atoms with E-state index >= 15 is 0 Å². The molecule has 1 saturated heterocycles. The molecular formula is C18H13Cl2NO3S2. The van der Waals surface area contributed by atoms with Gasteiger partial charge in [-0.25, -0.2) is 0 Å². The van der Waals surface area contributed by atoms with E-state index in [1.165, 1.54) is 11.8 Å². The van der Waals surface area contributed by atoms with Crippen molar-refractivity contribution in [3.63, 3.8) is 0 Å². The third-order valence-electron chi connectivity index (χ3n) is 3.63. The quantitative estimate of drug-likeness (QED) is 0.540. The summed E-state index contributed by atoms with van der Waals surface area (Å²) in [5.41, 5.74) is 2.33. The predicted molar refractivity (Wildman–Crippen MR) is 111 cm³/mol. The van der Waals surface area contributed by atoms with Crippen molar-refractivity contribution in [1.82, 2.24) is 5.32 Å². The lowest BCUT2D eigenvalue weighted by Crippen LogP contribution is -2.17. The van der Waals surface area contributed by atoms with Crippen LogP contribution >= 0.6 is 47.2 Å². The number of benzene rings is 2. The second-order valence-electron chi connectivity index (χ2n) is 5.31. The fourth-order valence-corrected chi connectivity index (χ4v) is 4.11. The fraction of sp³-hybridized carbons (Fsp3) is 0.111. The lowest BCUT2D eigenvalue weighted by molar-refractivity contribution is -0.115. The second kappa shape index (κ2) is 7.88. The fourth-order valence-electron chi connectivity index (χ4n) is 2.55. The highest BCUT2D eigenvalue weighted by atomic mass is 35.5. The zero-order valence-electron chi connectivity index (χ0n) is 13.8. The highest BCUT2D eigenvalue weighted by Gasteiger charge is 2.23. The smallest absolute Gasteiger partial charge is 0.263 e. The molecule has 134 valence electrons. The number of ether oxygens (including phenoxy) is 2. The van der Waals surface area contributed by atoms with Gasteiger partial charge in [0.2, 0.25) is 0 Å². The Morgan fingerprint density at radius 2 is 1.69 bits per heavy atom. The molecule has 1 amide bonds. The van der Waals surface area contributed by atoms with E-state index in [4.69, 9.17) is 44.9 Å². The van der Waals surface area contributed by atoms with Crippen molar-refractivity contribution in [2.24, 2.45) is 0 Å². The van der Waals surface area contributed by atoms with Gasteiger partial charge in [0.25, 0.3) is 5.91 Å². The number of nitrogens with one attached hydrogen (secondary N) is 1. The summed E-state index contributed by atoms with van der Waals surface area (Å²) < 4.78 is 11.4. The van der Waals surface area contributed by atoms with Gasteiger partial charge in [-0.05, 0) is 47.5 Å². The van der Waals surface area contributed by atoms with Gasteiger partial charge in [0.1, 0.15) is 4.32 Å². The Balaban J connectivity index is 2.18. The molecule has 0 saturated carbocycles. The molecule has 0 atom stereocenters. The molecule has 0 aromatic heterocycles. The Morgan fingerprint density at radius 3 is 2.23 bits per heavy atom. The maximum atomic E-state index is 12.0. The van der Waals surface area contributed by atoms with Crippen molar-refractivity contribution in [3.05, 3.63) is 50.8 Å². The molecule has 1 aliphatic rings. The number of rotatable bonds is 4. The summed E-state index contributed by atoms with van der Waals surface area (Å²) in [6.07, 6.45) is 1.72. The van der Waals surface area contributed by atoms with Crippen LogP contribution in [0, 0.1) is 0 Å². The zero-order valence-corrected chi connectivity index (χ0v) is 16.9. The van der Waals surface area contributed by atoms with Crippen LogP contribution < -0.4 is 14.8 Å². The first-order valence-corrected chi connectivity index (χ1v) is 9.36. The van der Waals surface area contributed by atoms with Crippen molar-refractivity contribution < 1.29 is 14.3 Å². The first-order valence-electron chi connectivity index (χ1n) is 7.38. The highest BCUT2D eigenvalue weighted by Crippen LogP contribution is 2.40. The summed E-state index contributed by atoms with van der Waals surface area (Å²) in [5.74, 6) is 0.805. The van der Waals surface area contributed by atoms with Crippen LogP contribution in [0.1, 0.15) is 5.56 Å². The minimum atomic E-state index is -0.239. The van der Waals surface area contributed by atoms with Gasteiger partial charge in [-0.15, -0.1) is 0 Å². The number of thiocarbonyl (C=S) groups is 1. The Morgan fingerprint density at radius 1 is 1.04 bits per heavy atom. The summed E-state index contributed by atoms with van der Waals surface area (Å²) >= 11 is 18.5. The van der Waals surface area contributed by atoms with E-state index in [-0.39, 0.29) is 5.91 Å². The van der Waals surface area contributed by atoms with Crippen molar-refractivity contribution in [3.8, 4) is 22.6 Å². The summed E-state index contributed by atoms with van der Waals surface area (Å²) in [5, 5.41) is 3.65. The zero-order chi connectivity index (χ0) is 18.8. The first kappa shape index (κ1) is 19.0. The minimum absolute atomic E-state index is 0.239. The number of hydrogen-bond donors (Lipinski definition) is 1. The van der Waals surface area contributed by atoms with E-state index in [2.05, 4.69) is 5.32 Å². The van der Waals surface area contributed by atoms with Crippen LogP contribution in [0.4, 0.5) is 0 Å². The van der Waals surface area contributed by atoms with Gasteiger partial charge in [0, 0.05) is 15.6 Å². The summed E-state index contributed by atoms with van der Waals surface area (Å²) in [6, 6.07) is 8.98. The number of hydrogen-bond acceptors (Lipinski definition) is 5. The number of carbonyl (C=O) groups is 1. The molecule has 0 bridgehead atoms. The van der Waals surface area contributed by atoms with E-state index in [1.54, 1.807) is 38.5 Å². The van der Waals surface area contributed by atoms with Gasteiger partial charge in [-0.3, -0.25) is 4.79 Å². The van der Waals surface area contributed by atoms with Crippen LogP contribution in [0.25, 0.3) is 17.2 Å². The number of halogens is 2. The van der Waals surface area contributed by atoms with Gasteiger partial charge in [-0.2, -0.15) is 0 Å². The molecule has 3 rings (SSSR count). The molecule has 8 heteroatoms. The second-order valence-corrected chi connectivity index (χ2v) is 7.90. The number of amides is 1. The Labute approximate surface area is 170 Å². The molecule has 4 nitrogen and oxygen atoms in total. The molecule has 1 aliphatic heterocycles. The molecule has 2 aromatic carbocycles. The number of thioether (sulfide) groups is 1. The topological polar surface area (TPSA) is 47.6 Å². The maximum Gasteiger partial charge on any atom is 0.263 e. The van der Waals surface area contributed by atoms with Crippen LogP contribution in [0.15, 0.2) is 35.2 Å². The predicted octanol–water partition coefficient (Wildman–Crippen LogP) is 5.17. The van der Waals surface area contributed by atoms with Gasteiger partial charge in [-0.1, -0.05) is 47.2 Å². The largest absolute Gasteiger partial charge is 0.493 e. The molecule has 0 aliphatic carbocycles. The van der Waals surface area contributed by atoms with Crippen LogP contribution in [0.3, 0.4) is 0 Å². The van der Waals surface area contributed by atoms with Crippen molar-refractivity contribution in [2.75, 3.05) is 14.2 Å². The van der Waals surface area contributed by atoms with Crippen LogP contribution in [0.5, 0.6) is 11.5 Å². The van der Waals surface area contributed by atoms with Crippen LogP contribution in [-0.2, 0) is 4.79 Å². The summed E-state index contributed by atoms with van der Waals surface area (Å²) in [4.78, 5) is 12.5. The Hall–Kier alpha value is -1.73. The molecule has 1 fully saturated rings. The van der Waals surface area contributed by atoms with E-state index in [9.17, 15) is 4.79 Å². The van der Waals surface area contributed by atoms with Gasteiger partial charge >= 0.3 is 0 Å².